The van der Waals surface area contributed by atoms with Gasteiger partial charge in [-0.15, -0.1) is 0 Å². The van der Waals surface area contributed by atoms with Crippen LogP contribution in [0.15, 0.2) is 0 Å². The van der Waals surface area contributed by atoms with Crippen molar-refractivity contribution in [2.45, 2.75) is 27.3 Å². The van der Waals surface area contributed by atoms with E-state index in [0.717, 1.165) is 17.0 Å². The zero-order valence-corrected chi connectivity index (χ0v) is 10.3. The maximum absolute atomic E-state index is 11.3. The lowest BCUT2D eigenvalue weighted by Crippen LogP contribution is -2.27. The van der Waals surface area contributed by atoms with Gasteiger partial charge in [0.25, 0.3) is 0 Å². The Kier molecular flexibility index (Phi) is 4.49. The number of ether oxygens (including phenoxy) is 1. The fourth-order valence-corrected chi connectivity index (χ4v) is 1.51. The van der Waals surface area contributed by atoms with Gasteiger partial charge in [0.2, 0.25) is 5.91 Å². The van der Waals surface area contributed by atoms with E-state index in [1.165, 1.54) is 0 Å². The summed E-state index contributed by atoms with van der Waals surface area (Å²) >= 11 is 0. The van der Waals surface area contributed by atoms with Crippen molar-refractivity contribution in [3.63, 3.8) is 0 Å². The Morgan fingerprint density at radius 1 is 1.50 bits per heavy atom. The molecule has 1 N–H and O–H groups in total. The van der Waals surface area contributed by atoms with Crippen molar-refractivity contribution in [1.82, 2.24) is 15.1 Å². The first-order chi connectivity index (χ1) is 7.56. The molecule has 0 aliphatic rings. The molecule has 1 heterocycles. The Labute approximate surface area is 95.8 Å². The number of amides is 1. The second-order valence-corrected chi connectivity index (χ2v) is 3.69. The van der Waals surface area contributed by atoms with Crippen molar-refractivity contribution in [3.05, 3.63) is 17.0 Å². The third-order valence-electron chi connectivity index (χ3n) is 2.56. The quantitative estimate of drug-likeness (QED) is 0.802. The van der Waals surface area contributed by atoms with E-state index < -0.39 is 0 Å². The Bertz CT molecular complexity index is 372. The van der Waals surface area contributed by atoms with Crippen LogP contribution in [-0.4, -0.2) is 28.9 Å². The highest BCUT2D eigenvalue weighted by Gasteiger charge is 2.10. The van der Waals surface area contributed by atoms with Crippen molar-refractivity contribution in [2.24, 2.45) is 7.05 Å². The molecule has 0 spiro atoms. The van der Waals surface area contributed by atoms with Gasteiger partial charge >= 0.3 is 0 Å². The number of nitrogens with zero attached hydrogens (tertiary/aromatic N) is 2. The summed E-state index contributed by atoms with van der Waals surface area (Å²) in [6, 6.07) is 0. The molecule has 1 aromatic heterocycles. The Morgan fingerprint density at radius 3 is 2.69 bits per heavy atom. The van der Waals surface area contributed by atoms with Gasteiger partial charge < -0.3 is 10.1 Å². The van der Waals surface area contributed by atoms with Gasteiger partial charge in [-0.3, -0.25) is 9.48 Å². The van der Waals surface area contributed by atoms with Crippen LogP contribution in [0.4, 0.5) is 0 Å². The predicted molar refractivity (Wildman–Crippen MR) is 61.0 cm³/mol. The minimum absolute atomic E-state index is 0.0931. The molecule has 0 aliphatic carbocycles. The molecule has 0 radical (unpaired) electrons. The van der Waals surface area contributed by atoms with Crippen LogP contribution in [0.5, 0.6) is 0 Å². The molecule has 90 valence electrons. The van der Waals surface area contributed by atoms with Crippen LogP contribution in [0.3, 0.4) is 0 Å². The number of rotatable bonds is 5. The largest absolute Gasteiger partial charge is 0.372 e. The van der Waals surface area contributed by atoms with Crippen molar-refractivity contribution >= 4 is 5.91 Å². The van der Waals surface area contributed by atoms with Crippen LogP contribution in [-0.2, 0) is 23.1 Å². The molecule has 5 heteroatoms. The van der Waals surface area contributed by atoms with E-state index in [1.807, 2.05) is 32.5 Å². The molecular weight excluding hydrogens is 206 g/mol. The highest BCUT2D eigenvalue weighted by molar-refractivity contribution is 5.77. The lowest BCUT2D eigenvalue weighted by molar-refractivity contribution is -0.125. The minimum atomic E-state index is -0.0931. The smallest absolute Gasteiger partial charge is 0.246 e. The van der Waals surface area contributed by atoms with Crippen LogP contribution < -0.4 is 5.32 Å². The third kappa shape index (κ3) is 3.06. The highest BCUT2D eigenvalue weighted by Crippen LogP contribution is 2.10. The average Bonchev–Trinajstić information content (AvgIpc) is 2.48. The lowest BCUT2D eigenvalue weighted by atomic mass is 10.2. The fraction of sp³-hybridized carbons (Fsp3) is 0.636. The normalized spacial score (nSPS) is 10.5. The molecule has 5 nitrogen and oxygen atoms in total. The van der Waals surface area contributed by atoms with Crippen LogP contribution >= 0.6 is 0 Å². The van der Waals surface area contributed by atoms with Gasteiger partial charge in [0.05, 0.1) is 5.69 Å². The molecule has 0 saturated carbocycles. The van der Waals surface area contributed by atoms with Crippen molar-refractivity contribution in [3.8, 4) is 0 Å². The van der Waals surface area contributed by atoms with E-state index in [0.29, 0.717) is 13.2 Å². The van der Waals surface area contributed by atoms with Gasteiger partial charge in [-0.05, 0) is 20.8 Å². The van der Waals surface area contributed by atoms with Gasteiger partial charge in [0.1, 0.15) is 6.61 Å². The van der Waals surface area contributed by atoms with E-state index in [9.17, 15) is 4.79 Å². The summed E-state index contributed by atoms with van der Waals surface area (Å²) in [5.41, 5.74) is 3.11. The lowest BCUT2D eigenvalue weighted by Gasteiger charge is -2.05. The SMILES string of the molecule is CCOCC(=O)NCc1c(C)nn(C)c1C. The molecule has 0 aromatic carbocycles. The van der Waals surface area contributed by atoms with E-state index in [-0.39, 0.29) is 12.5 Å². The molecule has 1 aromatic rings. The topological polar surface area (TPSA) is 56.1 Å². The summed E-state index contributed by atoms with van der Waals surface area (Å²) in [6.07, 6.45) is 0. The first kappa shape index (κ1) is 12.7. The second kappa shape index (κ2) is 5.65. The van der Waals surface area contributed by atoms with E-state index >= 15 is 0 Å². The van der Waals surface area contributed by atoms with E-state index in [4.69, 9.17) is 4.74 Å². The molecular formula is C11H19N3O2. The van der Waals surface area contributed by atoms with Gasteiger partial charge in [-0.1, -0.05) is 0 Å². The third-order valence-corrected chi connectivity index (χ3v) is 2.56. The Balaban J connectivity index is 2.51. The van der Waals surface area contributed by atoms with Gasteiger partial charge in [0, 0.05) is 31.5 Å². The number of carbonyl (C=O) groups excluding carboxylic acids is 1. The number of nitrogens with one attached hydrogen (secondary N) is 1. The maximum Gasteiger partial charge on any atom is 0.246 e. The van der Waals surface area contributed by atoms with E-state index in [2.05, 4.69) is 10.4 Å². The first-order valence-electron chi connectivity index (χ1n) is 5.39. The summed E-state index contributed by atoms with van der Waals surface area (Å²) in [5.74, 6) is -0.0931. The standard InChI is InChI=1S/C11H19N3O2/c1-5-16-7-11(15)12-6-10-8(2)13-14(4)9(10)3/h5-7H2,1-4H3,(H,12,15). The second-order valence-electron chi connectivity index (χ2n) is 3.69. The number of hydrogen-bond acceptors (Lipinski definition) is 3. The molecule has 1 amide bonds. The Hall–Kier alpha value is -1.36. The highest BCUT2D eigenvalue weighted by atomic mass is 16.5. The minimum Gasteiger partial charge on any atom is -0.372 e. The van der Waals surface area contributed by atoms with Crippen molar-refractivity contribution in [1.29, 1.82) is 0 Å². The maximum atomic E-state index is 11.3. The van der Waals surface area contributed by atoms with Crippen LogP contribution in [0.2, 0.25) is 0 Å². The molecule has 0 fully saturated rings. The van der Waals surface area contributed by atoms with Gasteiger partial charge in [-0.2, -0.15) is 5.10 Å². The van der Waals surface area contributed by atoms with Gasteiger partial charge in [0.15, 0.2) is 0 Å². The summed E-state index contributed by atoms with van der Waals surface area (Å²) in [5, 5.41) is 7.10. The summed E-state index contributed by atoms with van der Waals surface area (Å²) in [6.45, 7) is 6.98. The predicted octanol–water partition coefficient (Wildman–Crippen LogP) is 0.690. The number of aryl methyl sites for hydroxylation is 2. The van der Waals surface area contributed by atoms with Crippen LogP contribution in [0, 0.1) is 13.8 Å². The molecule has 0 unspecified atom stereocenters. The Morgan fingerprint density at radius 2 is 2.19 bits per heavy atom. The van der Waals surface area contributed by atoms with E-state index in [1.54, 1.807) is 0 Å². The molecule has 0 bridgehead atoms. The zero-order valence-electron chi connectivity index (χ0n) is 10.3. The number of aromatic nitrogens is 2. The summed E-state index contributed by atoms with van der Waals surface area (Å²) < 4.78 is 6.84. The fourth-order valence-electron chi connectivity index (χ4n) is 1.51. The number of carbonyl (C=O) groups is 1. The summed E-state index contributed by atoms with van der Waals surface area (Å²) in [7, 11) is 1.90. The molecule has 0 atom stereocenters. The molecule has 16 heavy (non-hydrogen) atoms. The first-order valence-corrected chi connectivity index (χ1v) is 5.39. The molecule has 0 saturated heterocycles. The zero-order chi connectivity index (χ0) is 12.1. The van der Waals surface area contributed by atoms with Crippen LogP contribution in [0.1, 0.15) is 23.9 Å². The number of hydrogen-bond donors (Lipinski definition) is 1. The van der Waals surface area contributed by atoms with Gasteiger partial charge in [-0.25, -0.2) is 0 Å². The summed E-state index contributed by atoms with van der Waals surface area (Å²) in [4.78, 5) is 11.3. The average molecular weight is 225 g/mol. The monoisotopic (exact) mass is 225 g/mol. The van der Waals surface area contributed by atoms with Crippen molar-refractivity contribution in [2.75, 3.05) is 13.2 Å². The van der Waals surface area contributed by atoms with Crippen LogP contribution in [0.25, 0.3) is 0 Å². The molecule has 1 rings (SSSR count). The molecule has 0 aliphatic heterocycles. The van der Waals surface area contributed by atoms with Crippen molar-refractivity contribution < 1.29 is 9.53 Å².